The van der Waals surface area contributed by atoms with Crippen molar-refractivity contribution in [2.75, 3.05) is 6.79 Å². The molecule has 0 fully saturated rings. The van der Waals surface area contributed by atoms with Gasteiger partial charge in [0.15, 0.2) is 5.34 Å². The molecule has 0 saturated heterocycles. The highest BCUT2D eigenvalue weighted by Gasteiger charge is 1.63. The van der Waals surface area contributed by atoms with E-state index in [9.17, 15) is 0 Å². The molecular weight excluding hydrogens is 74.0 g/mol. The minimum Gasteiger partial charge on any atom is -0.359 e. The van der Waals surface area contributed by atoms with Crippen molar-refractivity contribution in [3.63, 3.8) is 0 Å². The van der Waals surface area contributed by atoms with Gasteiger partial charge in [-0.25, -0.2) is 0 Å². The van der Waals surface area contributed by atoms with Gasteiger partial charge in [-0.1, -0.05) is 0 Å². The predicted molar refractivity (Wildman–Crippen MR) is 14.0 cm³/mol. The molecule has 30 valence electrons. The van der Waals surface area contributed by atoms with Gasteiger partial charge in [-0.3, -0.25) is 0 Å². The molecule has 0 bridgehead atoms. The highest BCUT2D eigenvalue weighted by atomic mass is 16.8. The zero-order valence-corrected chi connectivity index (χ0v) is 2.42. The van der Waals surface area contributed by atoms with Gasteiger partial charge in [-0.05, 0) is 0 Å². The summed E-state index contributed by atoms with van der Waals surface area (Å²) in [6.07, 6.45) is 0. The molecule has 0 heterocycles. The zero-order valence-electron chi connectivity index (χ0n) is 2.42. The molecule has 0 saturated carbocycles. The van der Waals surface area contributed by atoms with Crippen molar-refractivity contribution in [3.8, 4) is 0 Å². The Bertz CT molecular complexity index is 28.1. The van der Waals surface area contributed by atoms with Crippen LogP contribution in [0.25, 0.3) is 0 Å². The summed E-state index contributed by atoms with van der Waals surface area (Å²) in [5.74, 6) is 0. The number of rotatable bonds is 2. The van der Waals surface area contributed by atoms with E-state index in [4.69, 9.17) is 10.0 Å². The van der Waals surface area contributed by atoms with Crippen molar-refractivity contribution in [3.05, 3.63) is 4.91 Å². The number of nitrogens with zero attached hydrogens (tertiary/aromatic N) is 1. The van der Waals surface area contributed by atoms with Crippen LogP contribution < -0.4 is 0 Å². The molecule has 0 atom stereocenters. The van der Waals surface area contributed by atoms with E-state index in [1.165, 1.54) is 0 Å². The Morgan fingerprint density at radius 3 is 2.60 bits per heavy atom. The van der Waals surface area contributed by atoms with Crippen molar-refractivity contribution in [2.45, 2.75) is 0 Å². The fraction of sp³-hybridized carbons (Fsp3) is 1.00. The van der Waals surface area contributed by atoms with E-state index in [2.05, 4.69) is 4.84 Å². The van der Waals surface area contributed by atoms with Crippen LogP contribution in [0.15, 0.2) is 5.34 Å². The van der Waals surface area contributed by atoms with Crippen molar-refractivity contribution < 1.29 is 9.94 Å². The molecule has 0 radical (unpaired) electrons. The van der Waals surface area contributed by atoms with Crippen molar-refractivity contribution in [1.29, 1.82) is 0 Å². The van der Waals surface area contributed by atoms with Gasteiger partial charge in [-0.2, -0.15) is 0 Å². The number of hydrogen-bond donors (Lipinski definition) is 1. The quantitative estimate of drug-likeness (QED) is 0.278. The largest absolute Gasteiger partial charge is 0.359 e. The van der Waals surface area contributed by atoms with Gasteiger partial charge in [0.05, 0.1) is 0 Å². The Kier molecular flexibility index (Phi) is 2.93. The maximum Gasteiger partial charge on any atom is 0.217 e. The second-order valence-corrected chi connectivity index (χ2v) is 0.333. The standard InChI is InChI=1S/CH3NO3/c3-1-5-2-4/h3H,1H2. The van der Waals surface area contributed by atoms with E-state index in [0.717, 1.165) is 0 Å². The average molecular weight is 77.0 g/mol. The van der Waals surface area contributed by atoms with E-state index in [1.54, 1.807) is 0 Å². The van der Waals surface area contributed by atoms with Crippen molar-refractivity contribution >= 4 is 0 Å². The summed E-state index contributed by atoms with van der Waals surface area (Å²) < 4.78 is 0. The molecule has 4 nitrogen and oxygen atoms in total. The molecule has 0 aliphatic heterocycles. The molecule has 0 aliphatic carbocycles. The van der Waals surface area contributed by atoms with Crippen LogP contribution in [0.5, 0.6) is 0 Å². The molecule has 4 heteroatoms. The summed E-state index contributed by atoms with van der Waals surface area (Å²) in [4.78, 5) is 12.2. The molecule has 0 spiro atoms. The molecule has 0 aromatic heterocycles. The smallest absolute Gasteiger partial charge is 0.217 e. The summed E-state index contributed by atoms with van der Waals surface area (Å²) in [6, 6.07) is 0. The second-order valence-electron chi connectivity index (χ2n) is 0.333. The molecular formula is CH3NO3. The minimum absolute atomic E-state index is 0.635. The average Bonchev–Trinajstić information content (AvgIpc) is 1.41. The fourth-order valence-corrected chi connectivity index (χ4v) is 0.0236. The normalized spacial score (nSPS) is 6.60. The van der Waals surface area contributed by atoms with Crippen molar-refractivity contribution in [2.24, 2.45) is 5.34 Å². The summed E-state index contributed by atoms with van der Waals surface area (Å²) in [6.45, 7) is -0.635. The van der Waals surface area contributed by atoms with Crippen LogP contribution in [0.4, 0.5) is 0 Å². The first-order valence-electron chi connectivity index (χ1n) is 0.970. The third-order valence-electron chi connectivity index (χ3n) is 0.110. The first-order chi connectivity index (χ1) is 2.41. The van der Waals surface area contributed by atoms with E-state index in [-0.39, 0.29) is 0 Å². The Labute approximate surface area is 28.3 Å². The Hall–Kier alpha value is -0.640. The van der Waals surface area contributed by atoms with Crippen LogP contribution in [-0.4, -0.2) is 11.9 Å². The number of aliphatic hydroxyl groups excluding tert-OH is 1. The molecule has 0 rings (SSSR count). The Morgan fingerprint density at radius 1 is 2.00 bits per heavy atom. The third-order valence-corrected chi connectivity index (χ3v) is 0.110. The third kappa shape index (κ3) is 3.36. The SMILES string of the molecule is O=NOCO. The van der Waals surface area contributed by atoms with Crippen LogP contribution >= 0.6 is 0 Å². The van der Waals surface area contributed by atoms with Crippen LogP contribution in [0, 0.1) is 4.91 Å². The van der Waals surface area contributed by atoms with Gasteiger partial charge in [0, 0.05) is 0 Å². The van der Waals surface area contributed by atoms with E-state index < -0.39 is 6.79 Å². The van der Waals surface area contributed by atoms with Gasteiger partial charge < -0.3 is 9.94 Å². The highest BCUT2D eigenvalue weighted by molar-refractivity contribution is 3.93. The van der Waals surface area contributed by atoms with Gasteiger partial charge in [-0.15, -0.1) is 4.91 Å². The predicted octanol–water partition coefficient (Wildman–Crippen LogP) is -0.366. The van der Waals surface area contributed by atoms with Gasteiger partial charge in [0.2, 0.25) is 6.79 Å². The van der Waals surface area contributed by atoms with E-state index in [1.807, 2.05) is 5.34 Å². The van der Waals surface area contributed by atoms with Crippen LogP contribution in [0.1, 0.15) is 0 Å². The molecule has 0 aromatic carbocycles. The summed E-state index contributed by atoms with van der Waals surface area (Å²) >= 11 is 0. The summed E-state index contributed by atoms with van der Waals surface area (Å²) in [5.41, 5.74) is 0. The highest BCUT2D eigenvalue weighted by Crippen LogP contribution is 1.61. The fourth-order valence-electron chi connectivity index (χ4n) is 0.0236. The topological polar surface area (TPSA) is 58.9 Å². The van der Waals surface area contributed by atoms with E-state index >= 15 is 0 Å². The maximum atomic E-state index is 8.77. The minimum atomic E-state index is -0.635. The monoisotopic (exact) mass is 77.0 g/mol. The first-order valence-corrected chi connectivity index (χ1v) is 0.970. The van der Waals surface area contributed by atoms with Crippen LogP contribution in [-0.2, 0) is 4.84 Å². The van der Waals surface area contributed by atoms with Gasteiger partial charge >= 0.3 is 0 Å². The van der Waals surface area contributed by atoms with Gasteiger partial charge in [0.25, 0.3) is 0 Å². The van der Waals surface area contributed by atoms with Crippen LogP contribution in [0.3, 0.4) is 0 Å². The molecule has 5 heavy (non-hydrogen) atoms. The summed E-state index contributed by atoms with van der Waals surface area (Å²) in [5, 5.41) is 9.40. The van der Waals surface area contributed by atoms with E-state index in [0.29, 0.717) is 0 Å². The molecule has 0 amide bonds. The van der Waals surface area contributed by atoms with Gasteiger partial charge in [0.1, 0.15) is 0 Å². The Balaban J connectivity index is 2.40. The lowest BCUT2D eigenvalue weighted by molar-refractivity contribution is -0.000783. The number of aliphatic hydroxyl groups is 1. The molecule has 1 N–H and O–H groups in total. The molecule has 0 aromatic rings. The maximum absolute atomic E-state index is 8.77. The lowest BCUT2D eigenvalue weighted by Crippen LogP contribution is -1.77. The van der Waals surface area contributed by atoms with Crippen LogP contribution in [0.2, 0.25) is 0 Å². The summed E-state index contributed by atoms with van der Waals surface area (Å²) in [7, 11) is 0. The first kappa shape index (κ1) is 4.36. The molecule has 0 aliphatic rings. The molecule has 0 unspecified atom stereocenters. The lowest BCUT2D eigenvalue weighted by atomic mass is 11.5. The number of hydrogen-bond acceptors (Lipinski definition) is 4. The van der Waals surface area contributed by atoms with Crippen molar-refractivity contribution in [1.82, 2.24) is 0 Å². The Morgan fingerprint density at radius 2 is 2.60 bits per heavy atom. The second kappa shape index (κ2) is 3.36. The lowest BCUT2D eigenvalue weighted by Gasteiger charge is -1.75. The zero-order chi connectivity index (χ0) is 4.12.